The summed E-state index contributed by atoms with van der Waals surface area (Å²) in [4.78, 5) is 0. The predicted octanol–water partition coefficient (Wildman–Crippen LogP) is 1.82. The van der Waals surface area contributed by atoms with Gasteiger partial charge >= 0.3 is 0 Å². The number of hydrogen-bond acceptors (Lipinski definition) is 2. The van der Waals surface area contributed by atoms with Crippen LogP contribution in [0.3, 0.4) is 0 Å². The fourth-order valence-electron chi connectivity index (χ4n) is 3.54. The van der Waals surface area contributed by atoms with Crippen LogP contribution in [0, 0.1) is 5.92 Å². The lowest BCUT2D eigenvalue weighted by molar-refractivity contribution is -0.249. The zero-order valence-corrected chi connectivity index (χ0v) is 7.38. The molecule has 2 bridgehead atoms. The molecule has 2 nitrogen and oxygen atoms in total. The highest BCUT2D eigenvalue weighted by atomic mass is 16.6. The molecule has 3 aliphatic rings. The zero-order chi connectivity index (χ0) is 8.23. The molecule has 0 radical (unpaired) electrons. The summed E-state index contributed by atoms with van der Waals surface area (Å²) < 4.78 is 5.85. The van der Waals surface area contributed by atoms with E-state index in [2.05, 4.69) is 0 Å². The van der Waals surface area contributed by atoms with Gasteiger partial charge in [0.1, 0.15) is 0 Å². The van der Waals surface area contributed by atoms with Crippen molar-refractivity contribution in [2.75, 3.05) is 0 Å². The molecule has 1 aliphatic carbocycles. The van der Waals surface area contributed by atoms with E-state index < -0.39 is 5.79 Å². The van der Waals surface area contributed by atoms with E-state index in [1.54, 1.807) is 0 Å². The Hall–Kier alpha value is -0.0800. The van der Waals surface area contributed by atoms with Gasteiger partial charge in [0, 0.05) is 12.8 Å². The fraction of sp³-hybridized carbons (Fsp3) is 1.00. The second-order valence-electron chi connectivity index (χ2n) is 4.76. The SMILES string of the molecule is O[C@]12CCC[C@@]3(CCC[C@H]3C1)O2. The smallest absolute Gasteiger partial charge is 0.166 e. The predicted molar refractivity (Wildman–Crippen MR) is 44.6 cm³/mol. The first-order valence-electron chi connectivity index (χ1n) is 5.15. The maximum Gasteiger partial charge on any atom is 0.166 e. The minimum atomic E-state index is -0.719. The second kappa shape index (κ2) is 2.05. The highest BCUT2D eigenvalue weighted by Gasteiger charge is 2.58. The molecule has 0 aromatic heterocycles. The van der Waals surface area contributed by atoms with Crippen LogP contribution in [-0.4, -0.2) is 16.5 Å². The Morgan fingerprint density at radius 3 is 2.92 bits per heavy atom. The average molecular weight is 168 g/mol. The number of aliphatic hydroxyl groups is 1. The van der Waals surface area contributed by atoms with Gasteiger partial charge in [0.2, 0.25) is 0 Å². The number of ether oxygens (including phenoxy) is 1. The summed E-state index contributed by atoms with van der Waals surface area (Å²) in [6.07, 6.45) is 7.91. The molecule has 2 aliphatic heterocycles. The Morgan fingerprint density at radius 2 is 2.00 bits per heavy atom. The Balaban J connectivity index is 1.97. The number of hydrogen-bond donors (Lipinski definition) is 1. The quantitative estimate of drug-likeness (QED) is 0.598. The number of fused-ring (bicyclic) bond motifs is 1. The summed E-state index contributed by atoms with van der Waals surface area (Å²) in [5, 5.41) is 10.0. The van der Waals surface area contributed by atoms with Gasteiger partial charge < -0.3 is 9.84 Å². The Bertz CT molecular complexity index is 216. The molecular formula is C10H16O2. The van der Waals surface area contributed by atoms with Crippen molar-refractivity contribution in [1.29, 1.82) is 0 Å². The second-order valence-corrected chi connectivity index (χ2v) is 4.76. The molecule has 1 saturated carbocycles. The Morgan fingerprint density at radius 1 is 1.17 bits per heavy atom. The van der Waals surface area contributed by atoms with Crippen LogP contribution in [0.15, 0.2) is 0 Å². The summed E-state index contributed by atoms with van der Waals surface area (Å²) in [7, 11) is 0. The van der Waals surface area contributed by atoms with Crippen LogP contribution < -0.4 is 0 Å². The largest absolute Gasteiger partial charge is 0.365 e. The first-order chi connectivity index (χ1) is 5.73. The molecule has 2 saturated heterocycles. The van der Waals surface area contributed by atoms with E-state index in [1.165, 1.54) is 25.7 Å². The average Bonchev–Trinajstić information content (AvgIpc) is 2.39. The maximum atomic E-state index is 10.0. The molecule has 0 amide bonds. The first-order valence-corrected chi connectivity index (χ1v) is 5.15. The van der Waals surface area contributed by atoms with E-state index in [4.69, 9.17) is 4.74 Å². The van der Waals surface area contributed by atoms with Crippen molar-refractivity contribution in [1.82, 2.24) is 0 Å². The fourth-order valence-corrected chi connectivity index (χ4v) is 3.54. The summed E-state index contributed by atoms with van der Waals surface area (Å²) in [5.41, 5.74) is 0.118. The third-order valence-corrected chi connectivity index (χ3v) is 4.02. The maximum absolute atomic E-state index is 10.0. The topological polar surface area (TPSA) is 29.5 Å². The van der Waals surface area contributed by atoms with Crippen LogP contribution in [0.1, 0.15) is 44.9 Å². The van der Waals surface area contributed by atoms with Gasteiger partial charge in [0.25, 0.3) is 0 Å². The molecule has 2 heteroatoms. The molecule has 2 heterocycles. The Labute approximate surface area is 72.9 Å². The van der Waals surface area contributed by atoms with Crippen molar-refractivity contribution in [3.05, 3.63) is 0 Å². The van der Waals surface area contributed by atoms with Crippen LogP contribution >= 0.6 is 0 Å². The van der Waals surface area contributed by atoms with Gasteiger partial charge in [-0.25, -0.2) is 0 Å². The monoisotopic (exact) mass is 168 g/mol. The molecule has 68 valence electrons. The molecule has 1 N–H and O–H groups in total. The third kappa shape index (κ3) is 0.775. The van der Waals surface area contributed by atoms with E-state index >= 15 is 0 Å². The molecule has 3 fully saturated rings. The molecule has 0 unspecified atom stereocenters. The summed E-state index contributed by atoms with van der Waals surface area (Å²) in [6, 6.07) is 0. The van der Waals surface area contributed by atoms with E-state index in [0.29, 0.717) is 5.92 Å². The lowest BCUT2D eigenvalue weighted by Crippen LogP contribution is -2.40. The van der Waals surface area contributed by atoms with Crippen molar-refractivity contribution in [2.45, 2.75) is 56.3 Å². The summed E-state index contributed by atoms with van der Waals surface area (Å²) in [6.45, 7) is 0. The molecule has 0 aromatic rings. The van der Waals surface area contributed by atoms with Crippen molar-refractivity contribution in [3.8, 4) is 0 Å². The minimum absolute atomic E-state index is 0.118. The highest BCUT2D eigenvalue weighted by molar-refractivity contribution is 5.05. The van der Waals surface area contributed by atoms with Crippen molar-refractivity contribution >= 4 is 0 Å². The van der Waals surface area contributed by atoms with Crippen LogP contribution in [0.25, 0.3) is 0 Å². The van der Waals surface area contributed by atoms with Gasteiger partial charge in [-0.05, 0) is 31.6 Å². The van der Waals surface area contributed by atoms with Crippen LogP contribution in [0.4, 0.5) is 0 Å². The van der Waals surface area contributed by atoms with Gasteiger partial charge in [-0.1, -0.05) is 6.42 Å². The molecule has 1 spiro atoms. The third-order valence-electron chi connectivity index (χ3n) is 4.02. The van der Waals surface area contributed by atoms with Gasteiger partial charge in [-0.15, -0.1) is 0 Å². The van der Waals surface area contributed by atoms with Gasteiger partial charge in [-0.2, -0.15) is 0 Å². The summed E-state index contributed by atoms with van der Waals surface area (Å²) in [5.74, 6) is -0.0476. The van der Waals surface area contributed by atoms with Gasteiger partial charge in [0.05, 0.1) is 5.60 Å². The van der Waals surface area contributed by atoms with E-state index in [-0.39, 0.29) is 5.60 Å². The molecule has 3 rings (SSSR count). The molecular weight excluding hydrogens is 152 g/mol. The summed E-state index contributed by atoms with van der Waals surface area (Å²) >= 11 is 0. The van der Waals surface area contributed by atoms with Crippen LogP contribution in [-0.2, 0) is 4.74 Å². The lowest BCUT2D eigenvalue weighted by Gasteiger charge is -2.36. The van der Waals surface area contributed by atoms with Crippen LogP contribution in [0.5, 0.6) is 0 Å². The van der Waals surface area contributed by atoms with E-state index in [1.807, 2.05) is 0 Å². The van der Waals surface area contributed by atoms with Crippen molar-refractivity contribution in [3.63, 3.8) is 0 Å². The standard InChI is InChI=1S/C10H16O2/c11-10-6-2-5-9(12-10)4-1-3-8(9)7-10/h8,11H,1-7H2/t8-,9+,10-/m0/s1. The van der Waals surface area contributed by atoms with Gasteiger partial charge in [0.15, 0.2) is 5.79 Å². The first kappa shape index (κ1) is 7.34. The van der Waals surface area contributed by atoms with Crippen LogP contribution in [0.2, 0.25) is 0 Å². The molecule has 12 heavy (non-hydrogen) atoms. The molecule has 0 aromatic carbocycles. The van der Waals surface area contributed by atoms with Crippen molar-refractivity contribution < 1.29 is 9.84 Å². The molecule has 3 atom stereocenters. The highest BCUT2D eigenvalue weighted by Crippen LogP contribution is 2.57. The van der Waals surface area contributed by atoms with E-state index in [0.717, 1.165) is 19.3 Å². The van der Waals surface area contributed by atoms with Crippen molar-refractivity contribution in [2.24, 2.45) is 5.92 Å². The minimum Gasteiger partial charge on any atom is -0.365 e. The van der Waals surface area contributed by atoms with E-state index in [9.17, 15) is 5.11 Å². The normalized spacial score (nSPS) is 57.2. The van der Waals surface area contributed by atoms with Gasteiger partial charge in [-0.3, -0.25) is 0 Å². The lowest BCUT2D eigenvalue weighted by atomic mass is 9.88. The zero-order valence-electron chi connectivity index (χ0n) is 7.38. The Kier molecular flexibility index (Phi) is 1.25. The number of rotatable bonds is 0.